The smallest absolute Gasteiger partial charge is 0.272 e. The molecular weight excluding hydrogens is 321 g/mol. The zero-order valence-corrected chi connectivity index (χ0v) is 13.4. The fraction of sp³-hybridized carbons (Fsp3) is 0.211. The zero-order chi connectivity index (χ0) is 17.2. The summed E-state index contributed by atoms with van der Waals surface area (Å²) in [4.78, 5) is 23.1. The SMILES string of the molecule is O=C(c1ccc2cccnc2n1)N1CCOC(c2ccc(F)cc2)C1. The number of fused-ring (bicyclic) bond motifs is 1. The van der Waals surface area contributed by atoms with Crippen LogP contribution in [-0.2, 0) is 4.74 Å². The van der Waals surface area contributed by atoms with Gasteiger partial charge in [-0.05, 0) is 42.0 Å². The van der Waals surface area contributed by atoms with E-state index in [2.05, 4.69) is 9.97 Å². The average molecular weight is 337 g/mol. The van der Waals surface area contributed by atoms with Crippen LogP contribution < -0.4 is 0 Å². The number of hydrogen-bond donors (Lipinski definition) is 0. The molecule has 126 valence electrons. The first-order chi connectivity index (χ1) is 12.2. The molecule has 1 aliphatic rings. The number of halogens is 1. The molecule has 25 heavy (non-hydrogen) atoms. The number of rotatable bonds is 2. The van der Waals surface area contributed by atoms with Gasteiger partial charge in [0.1, 0.15) is 17.6 Å². The number of ether oxygens (including phenoxy) is 1. The van der Waals surface area contributed by atoms with Crippen LogP contribution in [0.1, 0.15) is 22.2 Å². The van der Waals surface area contributed by atoms with E-state index in [9.17, 15) is 9.18 Å². The maximum Gasteiger partial charge on any atom is 0.272 e. The van der Waals surface area contributed by atoms with E-state index in [0.29, 0.717) is 31.0 Å². The first kappa shape index (κ1) is 15.7. The third kappa shape index (κ3) is 3.21. The molecule has 1 aromatic carbocycles. The fourth-order valence-electron chi connectivity index (χ4n) is 2.95. The van der Waals surface area contributed by atoms with Gasteiger partial charge in [0.05, 0.1) is 13.2 Å². The number of morpholine rings is 1. The van der Waals surface area contributed by atoms with E-state index in [4.69, 9.17) is 4.74 Å². The van der Waals surface area contributed by atoms with E-state index in [1.807, 2.05) is 18.2 Å². The molecule has 1 aliphatic heterocycles. The number of pyridine rings is 2. The topological polar surface area (TPSA) is 55.3 Å². The van der Waals surface area contributed by atoms with Crippen LogP contribution in [0.4, 0.5) is 4.39 Å². The Morgan fingerprint density at radius 1 is 1.16 bits per heavy atom. The molecule has 4 rings (SSSR count). The number of benzene rings is 1. The second kappa shape index (κ2) is 6.57. The van der Waals surface area contributed by atoms with Gasteiger partial charge in [-0.25, -0.2) is 14.4 Å². The van der Waals surface area contributed by atoms with Crippen LogP contribution in [0, 0.1) is 5.82 Å². The van der Waals surface area contributed by atoms with Crippen molar-refractivity contribution < 1.29 is 13.9 Å². The molecule has 5 nitrogen and oxygen atoms in total. The monoisotopic (exact) mass is 337 g/mol. The highest BCUT2D eigenvalue weighted by Crippen LogP contribution is 2.23. The second-order valence-corrected chi connectivity index (χ2v) is 5.91. The molecule has 1 saturated heterocycles. The molecule has 1 fully saturated rings. The summed E-state index contributed by atoms with van der Waals surface area (Å²) in [5.74, 6) is -0.441. The molecule has 6 heteroatoms. The van der Waals surface area contributed by atoms with E-state index in [1.54, 1.807) is 29.3 Å². The molecule has 3 heterocycles. The minimum absolute atomic E-state index is 0.150. The Labute approximate surface area is 144 Å². The van der Waals surface area contributed by atoms with Gasteiger partial charge in [0, 0.05) is 18.1 Å². The summed E-state index contributed by atoms with van der Waals surface area (Å²) in [5.41, 5.74) is 1.77. The summed E-state index contributed by atoms with van der Waals surface area (Å²) in [6, 6.07) is 13.5. The predicted octanol–water partition coefficient (Wildman–Crippen LogP) is 2.98. The number of hydrogen-bond acceptors (Lipinski definition) is 4. The van der Waals surface area contributed by atoms with Crippen molar-refractivity contribution in [2.75, 3.05) is 19.7 Å². The Hall–Kier alpha value is -2.86. The quantitative estimate of drug-likeness (QED) is 0.721. The lowest BCUT2D eigenvalue weighted by molar-refractivity contribution is -0.0230. The van der Waals surface area contributed by atoms with Crippen molar-refractivity contribution in [1.82, 2.24) is 14.9 Å². The number of carbonyl (C=O) groups is 1. The van der Waals surface area contributed by atoms with Gasteiger partial charge in [-0.2, -0.15) is 0 Å². The van der Waals surface area contributed by atoms with Crippen LogP contribution in [0.3, 0.4) is 0 Å². The van der Waals surface area contributed by atoms with E-state index in [1.165, 1.54) is 12.1 Å². The maximum absolute atomic E-state index is 13.1. The van der Waals surface area contributed by atoms with Crippen molar-refractivity contribution in [3.63, 3.8) is 0 Å². The van der Waals surface area contributed by atoms with Gasteiger partial charge in [0.25, 0.3) is 5.91 Å². The third-order valence-electron chi connectivity index (χ3n) is 4.28. The van der Waals surface area contributed by atoms with Crippen molar-refractivity contribution in [3.8, 4) is 0 Å². The first-order valence-electron chi connectivity index (χ1n) is 8.09. The Morgan fingerprint density at radius 2 is 2.00 bits per heavy atom. The molecule has 1 unspecified atom stereocenters. The molecule has 0 N–H and O–H groups in total. The minimum Gasteiger partial charge on any atom is -0.370 e. The number of aromatic nitrogens is 2. The summed E-state index contributed by atoms with van der Waals surface area (Å²) in [6.07, 6.45) is 1.39. The van der Waals surface area contributed by atoms with Gasteiger partial charge >= 0.3 is 0 Å². The maximum atomic E-state index is 13.1. The normalized spacial score (nSPS) is 17.6. The Balaban J connectivity index is 1.55. The molecule has 0 spiro atoms. The number of amides is 1. The molecular formula is C19H16FN3O2. The van der Waals surface area contributed by atoms with Gasteiger partial charge in [-0.15, -0.1) is 0 Å². The standard InChI is InChI=1S/C19H16FN3O2/c20-15-6-3-13(4-7-15)17-12-23(10-11-25-17)19(24)16-8-5-14-2-1-9-21-18(14)22-16/h1-9,17H,10-12H2. The van der Waals surface area contributed by atoms with Crippen molar-refractivity contribution >= 4 is 16.9 Å². The highest BCUT2D eigenvalue weighted by molar-refractivity contribution is 5.94. The van der Waals surface area contributed by atoms with Gasteiger partial charge in [0.2, 0.25) is 0 Å². The van der Waals surface area contributed by atoms with Gasteiger partial charge in [-0.1, -0.05) is 12.1 Å². The highest BCUT2D eigenvalue weighted by atomic mass is 19.1. The highest BCUT2D eigenvalue weighted by Gasteiger charge is 2.27. The second-order valence-electron chi connectivity index (χ2n) is 5.91. The van der Waals surface area contributed by atoms with Crippen LogP contribution in [0.2, 0.25) is 0 Å². The Bertz CT molecular complexity index is 914. The molecule has 1 amide bonds. The van der Waals surface area contributed by atoms with E-state index in [0.717, 1.165) is 10.9 Å². The summed E-state index contributed by atoms with van der Waals surface area (Å²) < 4.78 is 18.8. The summed E-state index contributed by atoms with van der Waals surface area (Å²) >= 11 is 0. The third-order valence-corrected chi connectivity index (χ3v) is 4.28. The molecule has 0 aliphatic carbocycles. The Kier molecular flexibility index (Phi) is 4.11. The van der Waals surface area contributed by atoms with Crippen LogP contribution in [0.25, 0.3) is 11.0 Å². The first-order valence-corrected chi connectivity index (χ1v) is 8.09. The summed E-state index contributed by atoms with van der Waals surface area (Å²) in [7, 11) is 0. The molecule has 1 atom stereocenters. The van der Waals surface area contributed by atoms with Gasteiger partial charge in [0.15, 0.2) is 5.65 Å². The lowest BCUT2D eigenvalue weighted by Crippen LogP contribution is -2.42. The van der Waals surface area contributed by atoms with E-state index >= 15 is 0 Å². The lowest BCUT2D eigenvalue weighted by Gasteiger charge is -2.33. The Morgan fingerprint density at radius 3 is 2.84 bits per heavy atom. The van der Waals surface area contributed by atoms with Crippen molar-refractivity contribution in [1.29, 1.82) is 0 Å². The lowest BCUT2D eigenvalue weighted by atomic mass is 10.1. The molecule has 0 saturated carbocycles. The minimum atomic E-state index is -0.291. The van der Waals surface area contributed by atoms with E-state index in [-0.39, 0.29) is 17.8 Å². The summed E-state index contributed by atoms with van der Waals surface area (Å²) in [6.45, 7) is 1.34. The van der Waals surface area contributed by atoms with Crippen molar-refractivity contribution in [2.45, 2.75) is 6.10 Å². The molecule has 3 aromatic rings. The largest absolute Gasteiger partial charge is 0.370 e. The van der Waals surface area contributed by atoms with Crippen LogP contribution in [-0.4, -0.2) is 40.5 Å². The molecule has 2 aromatic heterocycles. The number of nitrogens with zero attached hydrogens (tertiary/aromatic N) is 3. The predicted molar refractivity (Wildman–Crippen MR) is 90.5 cm³/mol. The average Bonchev–Trinajstić information content (AvgIpc) is 2.68. The van der Waals surface area contributed by atoms with E-state index < -0.39 is 0 Å². The number of carbonyl (C=O) groups excluding carboxylic acids is 1. The van der Waals surface area contributed by atoms with Crippen LogP contribution in [0.5, 0.6) is 0 Å². The van der Waals surface area contributed by atoms with Gasteiger partial charge < -0.3 is 9.64 Å². The van der Waals surface area contributed by atoms with Crippen LogP contribution in [0.15, 0.2) is 54.7 Å². The summed E-state index contributed by atoms with van der Waals surface area (Å²) in [5, 5.41) is 0.894. The fourth-order valence-corrected chi connectivity index (χ4v) is 2.95. The van der Waals surface area contributed by atoms with Gasteiger partial charge in [-0.3, -0.25) is 4.79 Å². The van der Waals surface area contributed by atoms with Crippen molar-refractivity contribution in [2.24, 2.45) is 0 Å². The molecule has 0 bridgehead atoms. The molecule has 0 radical (unpaired) electrons. The zero-order valence-electron chi connectivity index (χ0n) is 13.4. The van der Waals surface area contributed by atoms with Crippen LogP contribution >= 0.6 is 0 Å². The van der Waals surface area contributed by atoms with Crippen molar-refractivity contribution in [3.05, 3.63) is 71.8 Å².